The summed E-state index contributed by atoms with van der Waals surface area (Å²) in [6.45, 7) is 0.595. The van der Waals surface area contributed by atoms with Crippen molar-refractivity contribution in [2.24, 2.45) is 5.73 Å². The highest BCUT2D eigenvalue weighted by Crippen LogP contribution is 2.37. The Morgan fingerprint density at radius 3 is 2.41 bits per heavy atom. The zero-order valence-electron chi connectivity index (χ0n) is 8.90. The molecule has 0 fully saturated rings. The highest BCUT2D eigenvalue weighted by molar-refractivity contribution is 9.10. The number of rotatable bonds is 2. The maximum atomic E-state index is 5.63. The number of halogens is 2. The second-order valence-electron chi connectivity index (χ2n) is 3.66. The number of hydrogen-bond donors (Lipinski definition) is 1. The zero-order chi connectivity index (χ0) is 11.1. The third-order valence-corrected chi connectivity index (χ3v) is 3.55. The molecule has 0 aliphatic rings. The lowest BCUT2D eigenvalue weighted by Gasteiger charge is -2.04. The molecule has 0 saturated carbocycles. The summed E-state index contributed by atoms with van der Waals surface area (Å²) in [5.74, 6) is 0. The third kappa shape index (κ3) is 1.76. The molecule has 1 aromatic carbocycles. The summed E-state index contributed by atoms with van der Waals surface area (Å²) in [6.07, 6.45) is 4.16. The minimum atomic E-state index is 0. The van der Waals surface area contributed by atoms with Crippen LogP contribution in [0.3, 0.4) is 0 Å². The highest BCUT2D eigenvalue weighted by Gasteiger charge is 2.16. The summed E-state index contributed by atoms with van der Waals surface area (Å²) in [4.78, 5) is 0. The van der Waals surface area contributed by atoms with Gasteiger partial charge in [-0.05, 0) is 41.0 Å². The maximum absolute atomic E-state index is 5.63. The molecular weight excluding hydrogens is 305 g/mol. The van der Waals surface area contributed by atoms with Crippen molar-refractivity contribution in [3.63, 3.8) is 0 Å². The van der Waals surface area contributed by atoms with Crippen LogP contribution >= 0.6 is 28.3 Å². The van der Waals surface area contributed by atoms with Crippen molar-refractivity contribution < 1.29 is 8.83 Å². The fourth-order valence-electron chi connectivity index (χ4n) is 2.07. The average Bonchev–Trinajstić information content (AvgIpc) is 2.92. The van der Waals surface area contributed by atoms with Crippen LogP contribution in [0.5, 0.6) is 0 Å². The van der Waals surface area contributed by atoms with E-state index in [1.165, 1.54) is 0 Å². The van der Waals surface area contributed by atoms with Crippen LogP contribution in [-0.2, 0) is 6.42 Å². The molecule has 0 radical (unpaired) electrons. The summed E-state index contributed by atoms with van der Waals surface area (Å²) in [6, 6.07) is 3.88. The molecule has 90 valence electrons. The summed E-state index contributed by atoms with van der Waals surface area (Å²) >= 11 is 3.54. The molecule has 0 unspecified atom stereocenters. The number of fused-ring (bicyclic) bond motifs is 2. The Kier molecular flexibility index (Phi) is 3.47. The van der Waals surface area contributed by atoms with Gasteiger partial charge in [0.05, 0.1) is 17.0 Å². The van der Waals surface area contributed by atoms with Crippen molar-refractivity contribution >= 4 is 50.3 Å². The quantitative estimate of drug-likeness (QED) is 0.781. The van der Waals surface area contributed by atoms with Crippen molar-refractivity contribution in [3.8, 4) is 0 Å². The molecule has 0 bridgehead atoms. The first-order chi connectivity index (χ1) is 7.83. The summed E-state index contributed by atoms with van der Waals surface area (Å²) < 4.78 is 12.0. The highest BCUT2D eigenvalue weighted by atomic mass is 79.9. The molecule has 17 heavy (non-hydrogen) atoms. The van der Waals surface area contributed by atoms with Crippen molar-refractivity contribution in [1.82, 2.24) is 0 Å². The lowest BCUT2D eigenvalue weighted by molar-refractivity contribution is 0.607. The van der Waals surface area contributed by atoms with E-state index in [0.717, 1.165) is 38.4 Å². The van der Waals surface area contributed by atoms with Gasteiger partial charge in [-0.15, -0.1) is 12.4 Å². The molecular formula is C12H11BrClNO2. The molecule has 0 aliphatic carbocycles. The molecule has 0 spiro atoms. The van der Waals surface area contributed by atoms with E-state index in [4.69, 9.17) is 14.6 Å². The van der Waals surface area contributed by atoms with Crippen LogP contribution < -0.4 is 5.73 Å². The molecule has 0 amide bonds. The van der Waals surface area contributed by atoms with Crippen LogP contribution in [0.4, 0.5) is 0 Å². The van der Waals surface area contributed by atoms with Gasteiger partial charge in [-0.3, -0.25) is 0 Å². The normalized spacial score (nSPS) is 10.9. The van der Waals surface area contributed by atoms with Gasteiger partial charge in [-0.2, -0.15) is 0 Å². The summed E-state index contributed by atoms with van der Waals surface area (Å²) in [5.41, 5.74) is 8.51. The molecule has 0 saturated heterocycles. The number of benzene rings is 1. The second kappa shape index (κ2) is 4.72. The van der Waals surface area contributed by atoms with Gasteiger partial charge in [0.2, 0.25) is 0 Å². The van der Waals surface area contributed by atoms with E-state index >= 15 is 0 Å². The first-order valence-electron chi connectivity index (χ1n) is 5.07. The van der Waals surface area contributed by atoms with Gasteiger partial charge in [0.1, 0.15) is 11.2 Å². The predicted molar refractivity (Wildman–Crippen MR) is 73.7 cm³/mol. The lowest BCUT2D eigenvalue weighted by atomic mass is 10.0. The van der Waals surface area contributed by atoms with Gasteiger partial charge < -0.3 is 14.6 Å². The zero-order valence-corrected chi connectivity index (χ0v) is 11.3. The third-order valence-electron chi connectivity index (χ3n) is 2.76. The Labute approximate surface area is 112 Å². The Bertz CT molecular complexity index is 607. The fourth-order valence-corrected chi connectivity index (χ4v) is 2.69. The SMILES string of the molecule is Cl.NCCc1c2ccoc2c(Br)c2ccoc12. The maximum Gasteiger partial charge on any atom is 0.149 e. The minimum Gasteiger partial charge on any atom is -0.464 e. The first-order valence-corrected chi connectivity index (χ1v) is 5.87. The van der Waals surface area contributed by atoms with E-state index in [1.54, 1.807) is 12.5 Å². The van der Waals surface area contributed by atoms with Gasteiger partial charge in [0.25, 0.3) is 0 Å². The van der Waals surface area contributed by atoms with Crippen LogP contribution in [0.1, 0.15) is 5.56 Å². The minimum absolute atomic E-state index is 0. The topological polar surface area (TPSA) is 52.3 Å². The largest absolute Gasteiger partial charge is 0.464 e. The molecule has 3 nitrogen and oxygen atoms in total. The van der Waals surface area contributed by atoms with Gasteiger partial charge in [0.15, 0.2) is 0 Å². The molecule has 2 N–H and O–H groups in total. The fraction of sp³-hybridized carbons (Fsp3) is 0.167. The molecule has 2 heterocycles. The summed E-state index contributed by atoms with van der Waals surface area (Å²) in [5, 5.41) is 2.10. The number of nitrogens with two attached hydrogens (primary N) is 1. The van der Waals surface area contributed by atoms with E-state index in [2.05, 4.69) is 15.9 Å². The molecule has 0 aliphatic heterocycles. The van der Waals surface area contributed by atoms with Crippen LogP contribution in [0, 0.1) is 0 Å². The van der Waals surface area contributed by atoms with Crippen molar-refractivity contribution in [3.05, 3.63) is 34.7 Å². The van der Waals surface area contributed by atoms with Crippen molar-refractivity contribution in [2.45, 2.75) is 6.42 Å². The monoisotopic (exact) mass is 315 g/mol. The van der Waals surface area contributed by atoms with Gasteiger partial charge in [-0.25, -0.2) is 0 Å². The Morgan fingerprint density at radius 2 is 1.71 bits per heavy atom. The molecule has 0 atom stereocenters. The Hall–Kier alpha value is -0.970. The van der Waals surface area contributed by atoms with E-state index < -0.39 is 0 Å². The Morgan fingerprint density at radius 1 is 1.06 bits per heavy atom. The van der Waals surface area contributed by atoms with Crippen LogP contribution in [0.15, 0.2) is 38.0 Å². The van der Waals surface area contributed by atoms with Crippen molar-refractivity contribution in [2.75, 3.05) is 6.54 Å². The van der Waals surface area contributed by atoms with Gasteiger partial charge in [-0.1, -0.05) is 0 Å². The average molecular weight is 317 g/mol. The standard InChI is InChI=1S/C12H10BrNO2.ClH/c13-10-9-3-6-15-11(9)7(1-4-14)8-2-5-16-12(8)10;/h2-3,5-6H,1,4,14H2;1H. The van der Waals surface area contributed by atoms with Crippen LogP contribution in [0.25, 0.3) is 21.9 Å². The lowest BCUT2D eigenvalue weighted by Crippen LogP contribution is -2.03. The Balaban J connectivity index is 0.00000108. The molecule has 5 heteroatoms. The van der Waals surface area contributed by atoms with E-state index in [0.29, 0.717) is 6.54 Å². The predicted octanol–water partition coefficient (Wildman–Crippen LogP) is 3.86. The number of furan rings is 2. The smallest absolute Gasteiger partial charge is 0.149 e. The second-order valence-corrected chi connectivity index (χ2v) is 4.45. The van der Waals surface area contributed by atoms with Gasteiger partial charge in [0, 0.05) is 16.3 Å². The molecule has 3 aromatic rings. The first kappa shape index (κ1) is 12.5. The van der Waals surface area contributed by atoms with E-state index in [1.807, 2.05) is 12.1 Å². The van der Waals surface area contributed by atoms with Crippen LogP contribution in [-0.4, -0.2) is 6.54 Å². The summed E-state index contributed by atoms with van der Waals surface area (Å²) in [7, 11) is 0. The molecule has 2 aromatic heterocycles. The van der Waals surface area contributed by atoms with Gasteiger partial charge >= 0.3 is 0 Å². The number of hydrogen-bond acceptors (Lipinski definition) is 3. The molecule has 3 rings (SSSR count). The van der Waals surface area contributed by atoms with Crippen LogP contribution in [0.2, 0.25) is 0 Å². The van der Waals surface area contributed by atoms with E-state index in [-0.39, 0.29) is 12.4 Å². The van der Waals surface area contributed by atoms with Crippen molar-refractivity contribution in [1.29, 1.82) is 0 Å². The van der Waals surface area contributed by atoms with E-state index in [9.17, 15) is 0 Å².